The maximum Gasteiger partial charge on any atom is 0.265 e. The molecular formula is C13H14N8OS. The number of hydrogen-bond donors (Lipinski definition) is 2. The molecule has 23 heavy (non-hydrogen) atoms. The molecule has 0 saturated heterocycles. The van der Waals surface area contributed by atoms with Crippen LogP contribution in [0.2, 0.25) is 0 Å². The lowest BCUT2D eigenvalue weighted by molar-refractivity contribution is 0.0958. The molecule has 3 aromatic rings. The van der Waals surface area contributed by atoms with E-state index in [1.54, 1.807) is 24.0 Å². The van der Waals surface area contributed by atoms with E-state index in [9.17, 15) is 4.79 Å². The number of carbonyl (C=O) groups excluding carboxylic acids is 1. The maximum atomic E-state index is 11.9. The quantitative estimate of drug-likeness (QED) is 0.639. The van der Waals surface area contributed by atoms with Gasteiger partial charge in [0.2, 0.25) is 0 Å². The van der Waals surface area contributed by atoms with E-state index in [2.05, 4.69) is 35.5 Å². The van der Waals surface area contributed by atoms with Crippen molar-refractivity contribution in [3.05, 3.63) is 41.2 Å². The van der Waals surface area contributed by atoms with Crippen molar-refractivity contribution in [2.75, 3.05) is 18.4 Å². The molecule has 3 aromatic heterocycles. The molecule has 0 atom stereocenters. The Morgan fingerprint density at radius 2 is 2.17 bits per heavy atom. The van der Waals surface area contributed by atoms with Gasteiger partial charge in [0.1, 0.15) is 10.7 Å². The highest BCUT2D eigenvalue weighted by molar-refractivity contribution is 7.07. The molecule has 0 radical (unpaired) electrons. The van der Waals surface area contributed by atoms with Crippen molar-refractivity contribution in [2.45, 2.75) is 6.92 Å². The van der Waals surface area contributed by atoms with Crippen LogP contribution in [-0.2, 0) is 0 Å². The van der Waals surface area contributed by atoms with E-state index < -0.39 is 0 Å². The SMILES string of the molecule is Cc1nnsc1C(=O)NCCNc1ccc(-n2cccn2)nn1. The molecule has 0 spiro atoms. The van der Waals surface area contributed by atoms with Crippen LogP contribution in [-0.4, -0.2) is 48.6 Å². The first-order valence-corrected chi connectivity index (χ1v) is 7.66. The van der Waals surface area contributed by atoms with Crippen LogP contribution in [0.15, 0.2) is 30.6 Å². The Labute approximate surface area is 135 Å². The van der Waals surface area contributed by atoms with Gasteiger partial charge in [0.05, 0.1) is 5.69 Å². The Bertz CT molecular complexity index is 768. The molecule has 0 unspecified atom stereocenters. The molecule has 0 saturated carbocycles. The summed E-state index contributed by atoms with van der Waals surface area (Å²) in [5.41, 5.74) is 0.639. The Kier molecular flexibility index (Phi) is 4.52. The molecule has 0 fully saturated rings. The van der Waals surface area contributed by atoms with E-state index in [0.29, 0.717) is 35.3 Å². The van der Waals surface area contributed by atoms with Gasteiger partial charge in [-0.3, -0.25) is 4.79 Å². The van der Waals surface area contributed by atoms with Crippen LogP contribution in [0.4, 0.5) is 5.82 Å². The molecule has 1 amide bonds. The Balaban J connectivity index is 1.46. The normalized spacial score (nSPS) is 10.5. The summed E-state index contributed by atoms with van der Waals surface area (Å²) in [5.74, 6) is 1.10. The minimum atomic E-state index is -0.167. The van der Waals surface area contributed by atoms with Crippen molar-refractivity contribution < 1.29 is 4.79 Å². The highest BCUT2D eigenvalue weighted by atomic mass is 32.1. The zero-order valence-corrected chi connectivity index (χ0v) is 13.1. The molecule has 2 N–H and O–H groups in total. The lowest BCUT2D eigenvalue weighted by Gasteiger charge is -2.07. The lowest BCUT2D eigenvalue weighted by atomic mass is 10.4. The summed E-state index contributed by atoms with van der Waals surface area (Å²) in [6.07, 6.45) is 3.47. The van der Waals surface area contributed by atoms with Crippen LogP contribution in [0, 0.1) is 6.92 Å². The van der Waals surface area contributed by atoms with Crippen LogP contribution in [0.25, 0.3) is 5.82 Å². The highest BCUT2D eigenvalue weighted by Crippen LogP contribution is 2.08. The fraction of sp³-hybridized carbons (Fsp3) is 0.231. The van der Waals surface area contributed by atoms with Gasteiger partial charge in [0.15, 0.2) is 5.82 Å². The monoisotopic (exact) mass is 330 g/mol. The van der Waals surface area contributed by atoms with Gasteiger partial charge in [-0.1, -0.05) is 4.49 Å². The fourth-order valence-electron chi connectivity index (χ4n) is 1.83. The zero-order valence-electron chi connectivity index (χ0n) is 12.3. The summed E-state index contributed by atoms with van der Waals surface area (Å²) >= 11 is 1.09. The summed E-state index contributed by atoms with van der Waals surface area (Å²) in [5, 5.41) is 21.9. The molecule has 118 valence electrons. The van der Waals surface area contributed by atoms with Gasteiger partial charge in [0, 0.05) is 25.5 Å². The van der Waals surface area contributed by atoms with Gasteiger partial charge in [-0.2, -0.15) is 5.10 Å². The van der Waals surface area contributed by atoms with Gasteiger partial charge in [0.25, 0.3) is 5.91 Å². The van der Waals surface area contributed by atoms with Crippen LogP contribution >= 0.6 is 11.5 Å². The topological polar surface area (TPSA) is 111 Å². The first kappa shape index (κ1) is 15.0. The summed E-state index contributed by atoms with van der Waals surface area (Å²) in [6.45, 7) is 2.75. The smallest absolute Gasteiger partial charge is 0.265 e. The molecule has 3 heterocycles. The van der Waals surface area contributed by atoms with Gasteiger partial charge >= 0.3 is 0 Å². The van der Waals surface area contributed by atoms with Gasteiger partial charge < -0.3 is 10.6 Å². The number of amides is 1. The second-order valence-electron chi connectivity index (χ2n) is 4.60. The number of anilines is 1. The third-order valence-electron chi connectivity index (χ3n) is 2.96. The molecule has 0 aliphatic carbocycles. The van der Waals surface area contributed by atoms with Crippen LogP contribution in [0.5, 0.6) is 0 Å². The molecule has 0 aliphatic heterocycles. The van der Waals surface area contributed by atoms with E-state index in [1.807, 2.05) is 18.2 Å². The Hall–Kier alpha value is -2.88. The van der Waals surface area contributed by atoms with Crippen molar-refractivity contribution in [3.8, 4) is 5.82 Å². The number of rotatable bonds is 6. The van der Waals surface area contributed by atoms with E-state index in [0.717, 1.165) is 11.5 Å². The zero-order chi connectivity index (χ0) is 16.1. The Morgan fingerprint density at radius 1 is 1.26 bits per heavy atom. The summed E-state index contributed by atoms with van der Waals surface area (Å²) < 4.78 is 5.37. The first-order valence-electron chi connectivity index (χ1n) is 6.89. The molecule has 0 aromatic carbocycles. The molecule has 3 rings (SSSR count). The molecule has 0 aliphatic rings. The minimum Gasteiger partial charge on any atom is -0.367 e. The second kappa shape index (κ2) is 6.92. The van der Waals surface area contributed by atoms with Crippen molar-refractivity contribution in [3.63, 3.8) is 0 Å². The molecule has 10 heteroatoms. The number of aromatic nitrogens is 6. The third kappa shape index (κ3) is 3.66. The van der Waals surface area contributed by atoms with Gasteiger partial charge in [-0.15, -0.1) is 15.3 Å². The average Bonchev–Trinajstić information content (AvgIpc) is 3.23. The highest BCUT2D eigenvalue weighted by Gasteiger charge is 2.11. The largest absolute Gasteiger partial charge is 0.367 e. The predicted octanol–water partition coefficient (Wildman–Crippen LogP) is 0.664. The van der Waals surface area contributed by atoms with Crippen LogP contribution < -0.4 is 10.6 Å². The van der Waals surface area contributed by atoms with Gasteiger partial charge in [-0.05, 0) is 36.7 Å². The summed E-state index contributed by atoms with van der Waals surface area (Å²) in [7, 11) is 0. The third-order valence-corrected chi connectivity index (χ3v) is 3.79. The predicted molar refractivity (Wildman–Crippen MR) is 84.6 cm³/mol. The minimum absolute atomic E-state index is 0.167. The number of carbonyl (C=O) groups is 1. The van der Waals surface area contributed by atoms with Gasteiger partial charge in [-0.25, -0.2) is 4.68 Å². The van der Waals surface area contributed by atoms with Crippen molar-refractivity contribution in [1.82, 2.24) is 34.9 Å². The van der Waals surface area contributed by atoms with Crippen molar-refractivity contribution in [2.24, 2.45) is 0 Å². The molecular weight excluding hydrogens is 316 g/mol. The van der Waals surface area contributed by atoms with Crippen LogP contribution in [0.3, 0.4) is 0 Å². The van der Waals surface area contributed by atoms with Crippen molar-refractivity contribution >= 4 is 23.3 Å². The summed E-state index contributed by atoms with van der Waals surface area (Å²) in [6, 6.07) is 5.44. The van der Waals surface area contributed by atoms with E-state index in [-0.39, 0.29) is 5.91 Å². The molecule has 9 nitrogen and oxygen atoms in total. The lowest BCUT2D eigenvalue weighted by Crippen LogP contribution is -2.28. The molecule has 0 bridgehead atoms. The Morgan fingerprint density at radius 3 is 2.83 bits per heavy atom. The first-order chi connectivity index (χ1) is 11.2. The van der Waals surface area contributed by atoms with E-state index in [4.69, 9.17) is 0 Å². The number of nitrogens with one attached hydrogen (secondary N) is 2. The van der Waals surface area contributed by atoms with E-state index in [1.165, 1.54) is 0 Å². The van der Waals surface area contributed by atoms with Crippen LogP contribution in [0.1, 0.15) is 15.4 Å². The van der Waals surface area contributed by atoms with E-state index >= 15 is 0 Å². The van der Waals surface area contributed by atoms with Crippen molar-refractivity contribution in [1.29, 1.82) is 0 Å². The standard InChI is InChI=1S/C13H14N8OS/c1-9-12(23-20-17-9)13(22)15-7-6-14-10-3-4-11(19-18-10)21-8-2-5-16-21/h2-5,8H,6-7H2,1H3,(H,14,18)(H,15,22). The number of nitrogens with zero attached hydrogens (tertiary/aromatic N) is 6. The number of aryl methyl sites for hydroxylation is 1. The maximum absolute atomic E-state index is 11.9. The summed E-state index contributed by atoms with van der Waals surface area (Å²) in [4.78, 5) is 12.4. The average molecular weight is 330 g/mol. The number of hydrogen-bond acceptors (Lipinski definition) is 8. The second-order valence-corrected chi connectivity index (χ2v) is 5.35. The fourth-order valence-corrected chi connectivity index (χ4v) is 2.41.